The molecule has 218 valence electrons. The van der Waals surface area contributed by atoms with Crippen molar-refractivity contribution >= 4 is 50.2 Å². The van der Waals surface area contributed by atoms with Gasteiger partial charge in [0, 0.05) is 37.6 Å². The van der Waals surface area contributed by atoms with Crippen LogP contribution in [0, 0.1) is 0 Å². The molecule has 3 heterocycles. The standard InChI is InChI=1S/C25H27F3N8O4S/c1-4-5-9-31-23(37)16-6-7-18(20-15(16)8-12-40-20)34-24-33-13-17(25(26,27)28)21(35-24)32-14-19-22(30-11-10-29-19)36(2)41(3,38)39/h6-8,10-13H,4-5,9,14H2,1-3H3,(H,31,37)(H2,32,33,34,35). The number of carbonyl (C=O) groups is 1. The number of benzene rings is 1. The van der Waals surface area contributed by atoms with Crippen LogP contribution in [0.15, 0.2) is 47.5 Å². The predicted molar refractivity (Wildman–Crippen MR) is 146 cm³/mol. The van der Waals surface area contributed by atoms with Gasteiger partial charge in [-0.25, -0.2) is 18.4 Å². The van der Waals surface area contributed by atoms with Crippen LogP contribution in [0.25, 0.3) is 11.0 Å². The number of hydrogen-bond acceptors (Lipinski definition) is 10. The maximum Gasteiger partial charge on any atom is 0.421 e. The molecule has 4 rings (SSSR count). The Morgan fingerprint density at radius 3 is 2.59 bits per heavy atom. The normalized spacial score (nSPS) is 11.9. The van der Waals surface area contributed by atoms with Crippen molar-refractivity contribution in [1.82, 2.24) is 25.3 Å². The monoisotopic (exact) mass is 592 g/mol. The average Bonchev–Trinajstić information content (AvgIpc) is 3.41. The number of carbonyl (C=O) groups excluding carboxylic acids is 1. The van der Waals surface area contributed by atoms with Crippen molar-refractivity contribution in [3.05, 3.63) is 59.9 Å². The highest BCUT2D eigenvalue weighted by Crippen LogP contribution is 2.35. The summed E-state index contributed by atoms with van der Waals surface area (Å²) in [7, 11) is -2.45. The molecule has 0 radical (unpaired) electrons. The number of aromatic nitrogens is 4. The van der Waals surface area contributed by atoms with Crippen LogP contribution >= 0.6 is 0 Å². The van der Waals surface area contributed by atoms with Crippen molar-refractivity contribution in [3.8, 4) is 0 Å². The third-order valence-electron chi connectivity index (χ3n) is 5.99. The minimum atomic E-state index is -4.79. The largest absolute Gasteiger partial charge is 0.462 e. The lowest BCUT2D eigenvalue weighted by molar-refractivity contribution is -0.137. The van der Waals surface area contributed by atoms with Gasteiger partial charge in [-0.05, 0) is 24.6 Å². The first-order valence-electron chi connectivity index (χ1n) is 12.4. The van der Waals surface area contributed by atoms with Crippen molar-refractivity contribution in [2.24, 2.45) is 0 Å². The molecule has 0 saturated carbocycles. The fourth-order valence-electron chi connectivity index (χ4n) is 3.81. The molecule has 4 aromatic rings. The summed E-state index contributed by atoms with van der Waals surface area (Å²) in [5.41, 5.74) is -0.0742. The van der Waals surface area contributed by atoms with E-state index in [9.17, 15) is 26.4 Å². The van der Waals surface area contributed by atoms with Gasteiger partial charge in [-0.3, -0.25) is 14.1 Å². The number of unbranched alkanes of at least 4 members (excludes halogenated alkanes) is 1. The van der Waals surface area contributed by atoms with Crippen LogP contribution in [0.3, 0.4) is 0 Å². The summed E-state index contributed by atoms with van der Waals surface area (Å²) in [5, 5.41) is 8.76. The maximum absolute atomic E-state index is 13.8. The summed E-state index contributed by atoms with van der Waals surface area (Å²) in [6.45, 7) is 2.20. The topological polar surface area (TPSA) is 155 Å². The number of nitrogens with one attached hydrogen (secondary N) is 3. The number of nitrogens with zero attached hydrogens (tertiary/aromatic N) is 5. The number of fused-ring (bicyclic) bond motifs is 1. The zero-order valence-electron chi connectivity index (χ0n) is 22.3. The SMILES string of the molecule is CCCCNC(=O)c1ccc(Nc2ncc(C(F)(F)F)c(NCc3nccnc3N(C)S(C)(=O)=O)n2)c2occc12. The third kappa shape index (κ3) is 6.82. The average molecular weight is 593 g/mol. The fourth-order valence-corrected chi connectivity index (χ4v) is 4.28. The lowest BCUT2D eigenvalue weighted by Crippen LogP contribution is -2.27. The molecule has 0 fully saturated rings. The van der Waals surface area contributed by atoms with Crippen molar-refractivity contribution in [3.63, 3.8) is 0 Å². The zero-order valence-corrected chi connectivity index (χ0v) is 23.1. The lowest BCUT2D eigenvalue weighted by atomic mass is 10.1. The van der Waals surface area contributed by atoms with Crippen LogP contribution in [-0.4, -0.2) is 54.1 Å². The maximum atomic E-state index is 13.8. The Morgan fingerprint density at radius 1 is 1.12 bits per heavy atom. The Kier molecular flexibility index (Phi) is 8.60. The molecule has 0 unspecified atom stereocenters. The molecular formula is C25H27F3N8O4S. The number of anilines is 4. The van der Waals surface area contributed by atoms with Gasteiger partial charge in [0.2, 0.25) is 16.0 Å². The summed E-state index contributed by atoms with van der Waals surface area (Å²) < 4.78 is 71.7. The van der Waals surface area contributed by atoms with Crippen LogP contribution in [0.2, 0.25) is 0 Å². The van der Waals surface area contributed by atoms with Crippen LogP contribution in [-0.2, 0) is 22.7 Å². The van der Waals surface area contributed by atoms with Crippen molar-refractivity contribution < 1.29 is 30.8 Å². The van der Waals surface area contributed by atoms with Crippen molar-refractivity contribution in [2.45, 2.75) is 32.5 Å². The van der Waals surface area contributed by atoms with Gasteiger partial charge in [0.15, 0.2) is 11.4 Å². The minimum absolute atomic E-state index is 0.0532. The lowest BCUT2D eigenvalue weighted by Gasteiger charge is -2.19. The van der Waals surface area contributed by atoms with Crippen LogP contribution < -0.4 is 20.3 Å². The highest BCUT2D eigenvalue weighted by molar-refractivity contribution is 7.92. The van der Waals surface area contributed by atoms with Gasteiger partial charge in [0.25, 0.3) is 5.91 Å². The summed E-state index contributed by atoms with van der Waals surface area (Å²) in [5.74, 6) is -1.09. The fraction of sp³-hybridized carbons (Fsp3) is 0.320. The molecule has 0 spiro atoms. The highest BCUT2D eigenvalue weighted by Gasteiger charge is 2.35. The van der Waals surface area contributed by atoms with E-state index in [2.05, 4.69) is 35.9 Å². The predicted octanol–water partition coefficient (Wildman–Crippen LogP) is 4.31. The molecule has 0 saturated heterocycles. The third-order valence-corrected chi connectivity index (χ3v) is 7.16. The zero-order chi connectivity index (χ0) is 29.8. The first-order valence-corrected chi connectivity index (χ1v) is 14.2. The molecule has 0 atom stereocenters. The van der Waals surface area contributed by atoms with Gasteiger partial charge in [-0.1, -0.05) is 13.3 Å². The Balaban J connectivity index is 1.63. The molecule has 3 N–H and O–H groups in total. The molecule has 16 heteroatoms. The number of hydrogen-bond donors (Lipinski definition) is 3. The summed E-state index contributed by atoms with van der Waals surface area (Å²) in [6, 6.07) is 4.72. The van der Waals surface area contributed by atoms with E-state index in [1.165, 1.54) is 25.7 Å². The van der Waals surface area contributed by atoms with E-state index in [-0.39, 0.29) is 29.9 Å². The second-order valence-corrected chi connectivity index (χ2v) is 10.9. The number of halogens is 3. The highest BCUT2D eigenvalue weighted by atomic mass is 32.2. The molecule has 41 heavy (non-hydrogen) atoms. The second kappa shape index (κ2) is 12.0. The van der Waals surface area contributed by atoms with Gasteiger partial charge in [0.1, 0.15) is 17.1 Å². The summed E-state index contributed by atoms with van der Waals surface area (Å²) >= 11 is 0. The van der Waals surface area contributed by atoms with Gasteiger partial charge in [0.05, 0.1) is 30.3 Å². The van der Waals surface area contributed by atoms with E-state index in [4.69, 9.17) is 4.42 Å². The Morgan fingerprint density at radius 2 is 1.88 bits per heavy atom. The Hall–Kier alpha value is -4.47. The number of amides is 1. The van der Waals surface area contributed by atoms with Gasteiger partial charge in [-0.2, -0.15) is 18.2 Å². The first-order chi connectivity index (χ1) is 19.4. The van der Waals surface area contributed by atoms with E-state index in [1.54, 1.807) is 18.2 Å². The van der Waals surface area contributed by atoms with Gasteiger partial charge < -0.3 is 20.4 Å². The second-order valence-electron chi connectivity index (χ2n) is 8.92. The number of alkyl halides is 3. The quantitative estimate of drug-likeness (QED) is 0.215. The van der Waals surface area contributed by atoms with Crippen LogP contribution in [0.4, 0.5) is 36.4 Å². The molecule has 12 nitrogen and oxygen atoms in total. The molecule has 0 aliphatic rings. The number of rotatable bonds is 11. The van der Waals surface area contributed by atoms with E-state index >= 15 is 0 Å². The van der Waals surface area contributed by atoms with E-state index in [0.29, 0.717) is 35.0 Å². The molecular weight excluding hydrogens is 565 g/mol. The molecule has 0 bridgehead atoms. The molecule has 1 aromatic carbocycles. The van der Waals surface area contributed by atoms with Crippen molar-refractivity contribution in [2.75, 3.05) is 34.8 Å². The smallest absolute Gasteiger partial charge is 0.421 e. The summed E-state index contributed by atoms with van der Waals surface area (Å²) in [6.07, 6.45) is 2.49. The number of furan rings is 1. The van der Waals surface area contributed by atoms with Crippen LogP contribution in [0.1, 0.15) is 41.4 Å². The van der Waals surface area contributed by atoms with E-state index in [1.807, 2.05) is 6.92 Å². The number of sulfonamides is 1. The first kappa shape index (κ1) is 29.5. The molecule has 0 aliphatic heterocycles. The summed E-state index contributed by atoms with van der Waals surface area (Å²) in [4.78, 5) is 28.5. The van der Waals surface area contributed by atoms with Crippen LogP contribution in [0.5, 0.6) is 0 Å². The minimum Gasteiger partial charge on any atom is -0.462 e. The molecule has 3 aromatic heterocycles. The Labute approximate surface area is 233 Å². The molecule has 1 amide bonds. The van der Waals surface area contributed by atoms with E-state index in [0.717, 1.165) is 23.4 Å². The Bertz CT molecular complexity index is 1660. The molecule has 0 aliphatic carbocycles. The van der Waals surface area contributed by atoms with E-state index < -0.39 is 27.6 Å². The van der Waals surface area contributed by atoms with Gasteiger partial charge in [-0.15, -0.1) is 0 Å². The van der Waals surface area contributed by atoms with Gasteiger partial charge >= 0.3 is 6.18 Å². The van der Waals surface area contributed by atoms with Crippen molar-refractivity contribution in [1.29, 1.82) is 0 Å².